The number of amides is 3. The monoisotopic (exact) mass is 508 g/mol. The van der Waals surface area contributed by atoms with Crippen molar-refractivity contribution in [3.8, 4) is 0 Å². The summed E-state index contributed by atoms with van der Waals surface area (Å²) < 4.78 is 5.02. The van der Waals surface area contributed by atoms with Gasteiger partial charge in [0.1, 0.15) is 5.78 Å². The summed E-state index contributed by atoms with van der Waals surface area (Å²) in [5, 5.41) is 8.03. The molecule has 2 fully saturated rings. The molecule has 4 atom stereocenters. The van der Waals surface area contributed by atoms with Crippen molar-refractivity contribution in [2.75, 3.05) is 18.9 Å². The van der Waals surface area contributed by atoms with E-state index in [1.165, 1.54) is 0 Å². The van der Waals surface area contributed by atoms with E-state index in [1.54, 1.807) is 6.92 Å². The average Bonchev–Trinajstić information content (AvgIpc) is 3.36. The van der Waals surface area contributed by atoms with E-state index in [9.17, 15) is 19.2 Å². The lowest BCUT2D eigenvalue weighted by Gasteiger charge is -2.16. The van der Waals surface area contributed by atoms with Crippen molar-refractivity contribution in [2.45, 2.75) is 66.6 Å². The van der Waals surface area contributed by atoms with E-state index in [0.717, 1.165) is 47.2 Å². The summed E-state index contributed by atoms with van der Waals surface area (Å²) in [5.41, 5.74) is 6.24. The number of unbranched alkanes of at least 4 members (excludes halogenated alkanes) is 1. The Hall–Kier alpha value is -2.24. The van der Waals surface area contributed by atoms with Crippen LogP contribution >= 0.6 is 23.5 Å². The van der Waals surface area contributed by atoms with Gasteiger partial charge in [0.15, 0.2) is 5.37 Å². The minimum Gasteiger partial charge on any atom is -0.464 e. The van der Waals surface area contributed by atoms with E-state index < -0.39 is 17.3 Å². The van der Waals surface area contributed by atoms with Gasteiger partial charge in [-0.15, -0.1) is 0 Å². The predicted octanol–water partition coefficient (Wildman–Crippen LogP) is 1.58. The lowest BCUT2D eigenvalue weighted by molar-refractivity contribution is -0.144. The van der Waals surface area contributed by atoms with Gasteiger partial charge in [0.2, 0.25) is 5.91 Å². The Morgan fingerprint density at radius 2 is 2.00 bits per heavy atom. The Morgan fingerprint density at radius 1 is 1.24 bits per heavy atom. The lowest BCUT2D eigenvalue weighted by Crippen LogP contribution is -2.42. The van der Waals surface area contributed by atoms with E-state index in [4.69, 9.17) is 10.5 Å². The van der Waals surface area contributed by atoms with Gasteiger partial charge in [-0.05, 0) is 37.5 Å². The molecule has 4 unspecified atom stereocenters. The maximum Gasteiger partial charge on any atom is 0.339 e. The highest BCUT2D eigenvalue weighted by Crippen LogP contribution is 2.33. The van der Waals surface area contributed by atoms with Crippen molar-refractivity contribution in [1.82, 2.24) is 16.0 Å². The number of carbonyl (C=O) groups is 4. The van der Waals surface area contributed by atoms with E-state index in [2.05, 4.69) is 16.0 Å². The third kappa shape index (κ3) is 7.64. The fourth-order valence-electron chi connectivity index (χ4n) is 4.01. The minimum absolute atomic E-state index is 0.0726. The summed E-state index contributed by atoms with van der Waals surface area (Å²) >= 11 is 3.05. The molecule has 0 spiro atoms. The molecule has 0 aromatic heterocycles. The molecule has 5 N–H and O–H groups in total. The number of benzene rings is 1. The molecule has 1 aromatic rings. The average molecular weight is 509 g/mol. The second kappa shape index (κ2) is 13.0. The fraction of sp³-hybridized carbons (Fsp3) is 0.565. The number of ether oxygens (including phenoxy) is 1. The first kappa shape index (κ1) is 26.4. The Kier molecular flexibility index (Phi) is 10.1. The molecule has 2 aliphatic rings. The van der Waals surface area contributed by atoms with Gasteiger partial charge in [-0.2, -0.15) is 11.8 Å². The summed E-state index contributed by atoms with van der Waals surface area (Å²) in [7, 11) is 0. The van der Waals surface area contributed by atoms with Gasteiger partial charge in [-0.3, -0.25) is 9.59 Å². The number of rotatable bonds is 13. The van der Waals surface area contributed by atoms with Crippen LogP contribution in [0, 0.1) is 0 Å². The molecule has 0 bridgehead atoms. The van der Waals surface area contributed by atoms with Gasteiger partial charge in [0.25, 0.3) is 0 Å². The van der Waals surface area contributed by atoms with Crippen LogP contribution in [0.2, 0.25) is 0 Å². The van der Waals surface area contributed by atoms with Crippen LogP contribution in [0.5, 0.6) is 0 Å². The zero-order valence-corrected chi connectivity index (χ0v) is 20.8. The summed E-state index contributed by atoms with van der Waals surface area (Å²) in [6, 6.07) is 7.73. The Balaban J connectivity index is 1.40. The van der Waals surface area contributed by atoms with Gasteiger partial charge < -0.3 is 26.4 Å². The maximum absolute atomic E-state index is 12.4. The van der Waals surface area contributed by atoms with Crippen molar-refractivity contribution in [1.29, 1.82) is 0 Å². The third-order valence-corrected chi connectivity index (χ3v) is 8.29. The van der Waals surface area contributed by atoms with E-state index >= 15 is 0 Å². The Labute approximate surface area is 208 Å². The number of nitrogens with one attached hydrogen (secondary N) is 3. The van der Waals surface area contributed by atoms with Gasteiger partial charge >= 0.3 is 12.0 Å². The number of carbonyl (C=O) groups excluding carboxylic acids is 4. The number of urea groups is 1. The van der Waals surface area contributed by atoms with Crippen LogP contribution in [0.1, 0.15) is 38.2 Å². The number of hydrogen-bond acceptors (Lipinski definition) is 8. The van der Waals surface area contributed by atoms with Crippen LogP contribution in [0.15, 0.2) is 29.2 Å². The van der Waals surface area contributed by atoms with Crippen LogP contribution in [0.4, 0.5) is 4.79 Å². The van der Waals surface area contributed by atoms with Crippen LogP contribution in [-0.4, -0.2) is 65.3 Å². The van der Waals surface area contributed by atoms with E-state index in [-0.39, 0.29) is 37.0 Å². The second-order valence-corrected chi connectivity index (χ2v) is 10.7. The molecule has 3 rings (SSSR count). The normalized spacial score (nSPS) is 21.8. The van der Waals surface area contributed by atoms with Gasteiger partial charge in [-0.1, -0.05) is 30.3 Å². The first-order valence-electron chi connectivity index (χ1n) is 11.5. The van der Waals surface area contributed by atoms with Crippen molar-refractivity contribution in [3.63, 3.8) is 0 Å². The summed E-state index contributed by atoms with van der Waals surface area (Å²) in [4.78, 5) is 48.4. The molecule has 2 saturated heterocycles. The van der Waals surface area contributed by atoms with Crippen LogP contribution in [-0.2, 0) is 25.5 Å². The lowest BCUT2D eigenvalue weighted by atomic mass is 10.0. The molecule has 0 saturated carbocycles. The topological polar surface area (TPSA) is 140 Å². The van der Waals surface area contributed by atoms with Gasteiger partial charge in [0.05, 0.1) is 25.2 Å². The van der Waals surface area contributed by atoms with Crippen molar-refractivity contribution < 1.29 is 23.9 Å². The highest BCUT2D eigenvalue weighted by molar-refractivity contribution is 8.00. The van der Waals surface area contributed by atoms with Gasteiger partial charge in [0, 0.05) is 28.7 Å². The van der Waals surface area contributed by atoms with Crippen LogP contribution in [0.3, 0.4) is 0 Å². The number of Topliss-reactive ketones (excluding diaryl/α,β-unsaturated/α-hetero) is 1. The minimum atomic E-state index is -0.884. The zero-order chi connectivity index (χ0) is 24.5. The molecule has 0 aliphatic carbocycles. The number of hydrogen-bond donors (Lipinski definition) is 4. The third-order valence-electron chi connectivity index (χ3n) is 5.69. The van der Waals surface area contributed by atoms with Crippen molar-refractivity contribution >= 4 is 47.2 Å². The molecule has 9 nitrogen and oxygen atoms in total. The Morgan fingerprint density at radius 3 is 2.71 bits per heavy atom. The molecular formula is C23H32N4O5S2. The number of thioether (sulfide) groups is 2. The smallest absolute Gasteiger partial charge is 0.339 e. The number of ketones is 1. The fourth-order valence-corrected chi connectivity index (χ4v) is 6.47. The first-order chi connectivity index (χ1) is 16.4. The summed E-state index contributed by atoms with van der Waals surface area (Å²) in [6.07, 6.45) is 3.68. The van der Waals surface area contributed by atoms with Crippen molar-refractivity contribution in [2.24, 2.45) is 5.73 Å². The summed E-state index contributed by atoms with van der Waals surface area (Å²) in [5.74, 6) is 0.157. The molecule has 34 heavy (non-hydrogen) atoms. The van der Waals surface area contributed by atoms with E-state index in [1.807, 2.05) is 36.0 Å². The highest BCUT2D eigenvalue weighted by Gasteiger charge is 2.42. The quantitative estimate of drug-likeness (QED) is 0.104. The van der Waals surface area contributed by atoms with Crippen LogP contribution < -0.4 is 21.7 Å². The number of fused-ring (bicyclic) bond motifs is 1. The number of esters is 1. The van der Waals surface area contributed by atoms with Crippen molar-refractivity contribution in [3.05, 3.63) is 29.8 Å². The predicted molar refractivity (Wildman–Crippen MR) is 133 cm³/mol. The molecular weight excluding hydrogens is 476 g/mol. The molecule has 1 aromatic carbocycles. The molecule has 2 aliphatic heterocycles. The number of nitrogens with two attached hydrogens (primary N) is 1. The molecule has 11 heteroatoms. The van der Waals surface area contributed by atoms with Crippen LogP contribution in [0.25, 0.3) is 0 Å². The molecule has 0 radical (unpaired) electrons. The zero-order valence-electron chi connectivity index (χ0n) is 19.2. The SMILES string of the molecule is CCOC(=O)C(NC(=O)CN)Sc1ccc(CC(=O)CCCCC2SCC3NC(=O)NC32)cc1. The first-order valence-corrected chi connectivity index (χ1v) is 13.4. The maximum atomic E-state index is 12.4. The molecule has 3 amide bonds. The van der Waals surface area contributed by atoms with Gasteiger partial charge in [-0.25, -0.2) is 9.59 Å². The Bertz CT molecular complexity index is 883. The molecule has 2 heterocycles. The second-order valence-electron chi connectivity index (χ2n) is 8.25. The highest BCUT2D eigenvalue weighted by atomic mass is 32.2. The standard InChI is InChI=1S/C23H32N4O5S2/c1-2-32-22(30)21(26-19(29)12-24)34-16-9-7-14(8-10-16)11-15(28)5-3-4-6-18-20-17(13-33-18)25-23(31)27-20/h7-10,17-18,20-21H,2-6,11-13,24H2,1H3,(H,26,29)(H2,25,27,31). The largest absolute Gasteiger partial charge is 0.464 e. The summed E-state index contributed by atoms with van der Waals surface area (Å²) in [6.45, 7) is 1.70. The molecule has 186 valence electrons. The van der Waals surface area contributed by atoms with E-state index in [0.29, 0.717) is 18.1 Å².